The normalized spacial score (nSPS) is 21.3. The zero-order valence-corrected chi connectivity index (χ0v) is 22.5. The third-order valence-electron chi connectivity index (χ3n) is 7.86. The van der Waals surface area contributed by atoms with Crippen LogP contribution in [0.25, 0.3) is 0 Å². The van der Waals surface area contributed by atoms with Crippen molar-refractivity contribution < 1.29 is 9.59 Å². The first kappa shape index (κ1) is 24.7. The summed E-state index contributed by atoms with van der Waals surface area (Å²) in [5.74, 6) is 0.750. The summed E-state index contributed by atoms with van der Waals surface area (Å²) in [6, 6.07) is 8.39. The molecular formula is C27H32BrClN4O2. The monoisotopic (exact) mass is 558 g/mol. The van der Waals surface area contributed by atoms with E-state index < -0.39 is 0 Å². The van der Waals surface area contributed by atoms with E-state index >= 15 is 0 Å². The SMILES string of the molecule is CC(=O)N1CCC(CC(=O)N2CCN(C3c4ncc(Br)cc4CCc4cccc(Cl)c43)CC2)CC1. The summed E-state index contributed by atoms with van der Waals surface area (Å²) < 4.78 is 0.997. The number of carbonyl (C=O) groups excluding carboxylic acids is 2. The number of piperazine rings is 1. The topological polar surface area (TPSA) is 56.8 Å². The number of nitrogens with zero attached hydrogens (tertiary/aromatic N) is 4. The molecule has 0 N–H and O–H groups in total. The molecule has 2 aromatic rings. The predicted molar refractivity (Wildman–Crippen MR) is 140 cm³/mol. The molecule has 6 nitrogen and oxygen atoms in total. The van der Waals surface area contributed by atoms with E-state index in [0.717, 1.165) is 67.1 Å². The van der Waals surface area contributed by atoms with Gasteiger partial charge in [-0.1, -0.05) is 23.7 Å². The van der Waals surface area contributed by atoms with Crippen LogP contribution in [0.3, 0.4) is 0 Å². The zero-order chi connectivity index (χ0) is 24.5. The molecule has 8 heteroatoms. The minimum absolute atomic E-state index is 0.00235. The number of halogens is 2. The molecule has 0 saturated carbocycles. The Hall–Kier alpha value is -1.96. The first-order valence-electron chi connectivity index (χ1n) is 12.6. The van der Waals surface area contributed by atoms with Gasteiger partial charge in [0.15, 0.2) is 0 Å². The quantitative estimate of drug-likeness (QED) is 0.557. The lowest BCUT2D eigenvalue weighted by atomic mass is 9.92. The molecule has 186 valence electrons. The summed E-state index contributed by atoms with van der Waals surface area (Å²) in [7, 11) is 0. The summed E-state index contributed by atoms with van der Waals surface area (Å²) in [4.78, 5) is 35.9. The third kappa shape index (κ3) is 5.27. The average molecular weight is 560 g/mol. The number of pyridine rings is 1. The number of amides is 2. The summed E-state index contributed by atoms with van der Waals surface area (Å²) in [5, 5.41) is 0.792. The number of carbonyl (C=O) groups is 2. The predicted octanol–water partition coefficient (Wildman–Crippen LogP) is 4.48. The van der Waals surface area contributed by atoms with Gasteiger partial charge in [0.05, 0.1) is 11.7 Å². The van der Waals surface area contributed by atoms with E-state index in [1.165, 1.54) is 16.7 Å². The van der Waals surface area contributed by atoms with Crippen LogP contribution in [-0.4, -0.2) is 70.8 Å². The number of likely N-dealkylation sites (tertiary alicyclic amines) is 1. The molecule has 1 aromatic heterocycles. The van der Waals surface area contributed by atoms with Gasteiger partial charge in [-0.2, -0.15) is 0 Å². The molecule has 1 aliphatic carbocycles. The lowest BCUT2D eigenvalue weighted by molar-refractivity contribution is -0.135. The first-order valence-corrected chi connectivity index (χ1v) is 13.8. The van der Waals surface area contributed by atoms with Crippen molar-refractivity contribution in [3.63, 3.8) is 0 Å². The van der Waals surface area contributed by atoms with Crippen molar-refractivity contribution in [2.24, 2.45) is 5.92 Å². The van der Waals surface area contributed by atoms with E-state index in [1.807, 2.05) is 28.1 Å². The molecule has 2 aliphatic heterocycles. The highest BCUT2D eigenvalue weighted by molar-refractivity contribution is 9.10. The summed E-state index contributed by atoms with van der Waals surface area (Å²) >= 11 is 10.4. The summed E-state index contributed by atoms with van der Waals surface area (Å²) in [5.41, 5.74) is 4.79. The van der Waals surface area contributed by atoms with Crippen molar-refractivity contribution in [1.82, 2.24) is 19.7 Å². The molecule has 1 unspecified atom stereocenters. The van der Waals surface area contributed by atoms with Gasteiger partial charge < -0.3 is 9.80 Å². The van der Waals surface area contributed by atoms with Gasteiger partial charge in [0.1, 0.15) is 0 Å². The molecule has 2 fully saturated rings. The number of benzene rings is 1. The largest absolute Gasteiger partial charge is 0.343 e. The average Bonchev–Trinajstić information content (AvgIpc) is 3.02. The van der Waals surface area contributed by atoms with Crippen LogP contribution in [0.15, 0.2) is 34.9 Å². The van der Waals surface area contributed by atoms with Crippen LogP contribution in [0, 0.1) is 5.92 Å². The lowest BCUT2D eigenvalue weighted by Crippen LogP contribution is -2.50. The van der Waals surface area contributed by atoms with E-state index in [-0.39, 0.29) is 17.9 Å². The van der Waals surface area contributed by atoms with Gasteiger partial charge in [0.2, 0.25) is 11.8 Å². The number of aromatic nitrogens is 1. The van der Waals surface area contributed by atoms with Crippen LogP contribution in [0.2, 0.25) is 5.02 Å². The molecule has 1 aromatic carbocycles. The van der Waals surface area contributed by atoms with Crippen LogP contribution < -0.4 is 0 Å². The van der Waals surface area contributed by atoms with Gasteiger partial charge in [0, 0.05) is 68.3 Å². The maximum atomic E-state index is 13.1. The van der Waals surface area contributed by atoms with Gasteiger partial charge in [-0.25, -0.2) is 0 Å². The van der Waals surface area contributed by atoms with Crippen LogP contribution in [0.4, 0.5) is 0 Å². The molecule has 35 heavy (non-hydrogen) atoms. The Kier molecular flexibility index (Phi) is 7.47. The molecule has 3 heterocycles. The minimum Gasteiger partial charge on any atom is -0.343 e. The summed E-state index contributed by atoms with van der Waals surface area (Å²) in [6.45, 7) is 6.18. The Morgan fingerprint density at radius 2 is 1.74 bits per heavy atom. The van der Waals surface area contributed by atoms with Gasteiger partial charge >= 0.3 is 0 Å². The van der Waals surface area contributed by atoms with E-state index in [0.29, 0.717) is 25.4 Å². The molecule has 2 amide bonds. The molecular weight excluding hydrogens is 528 g/mol. The molecule has 5 rings (SSSR count). The third-order valence-corrected chi connectivity index (χ3v) is 8.63. The maximum Gasteiger partial charge on any atom is 0.222 e. The molecule has 2 saturated heterocycles. The Balaban J connectivity index is 1.29. The van der Waals surface area contributed by atoms with E-state index in [1.54, 1.807) is 6.92 Å². The number of hydrogen-bond donors (Lipinski definition) is 0. The lowest BCUT2D eigenvalue weighted by Gasteiger charge is -2.40. The van der Waals surface area contributed by atoms with Crippen LogP contribution in [-0.2, 0) is 22.4 Å². The number of aryl methyl sites for hydroxylation is 2. The van der Waals surface area contributed by atoms with Crippen LogP contribution >= 0.6 is 27.5 Å². The highest BCUT2D eigenvalue weighted by Gasteiger charge is 2.35. The van der Waals surface area contributed by atoms with E-state index in [4.69, 9.17) is 16.6 Å². The van der Waals surface area contributed by atoms with Gasteiger partial charge in [-0.3, -0.25) is 19.5 Å². The fourth-order valence-electron chi connectivity index (χ4n) is 5.86. The number of hydrogen-bond acceptors (Lipinski definition) is 4. The van der Waals surface area contributed by atoms with Gasteiger partial charge in [-0.15, -0.1) is 0 Å². The smallest absolute Gasteiger partial charge is 0.222 e. The molecule has 3 aliphatic rings. The standard InChI is InChI=1S/C27H32BrClN4O2/c1-18(34)31-9-7-19(8-10-31)15-24(35)32-11-13-33(14-12-32)27-25-20(3-2-4-23(25)29)5-6-21-16-22(28)17-30-26(21)27/h2-4,16-17,19,27H,5-15H2,1H3. The van der Waals surface area contributed by atoms with Gasteiger partial charge in [0.25, 0.3) is 0 Å². The molecule has 0 spiro atoms. The van der Waals surface area contributed by atoms with E-state index in [2.05, 4.69) is 33.0 Å². The van der Waals surface area contributed by atoms with E-state index in [9.17, 15) is 9.59 Å². The van der Waals surface area contributed by atoms with Crippen molar-refractivity contribution in [3.8, 4) is 0 Å². The van der Waals surface area contributed by atoms with Crippen LogP contribution in [0.1, 0.15) is 54.6 Å². The minimum atomic E-state index is -0.00235. The van der Waals surface area contributed by atoms with Crippen molar-refractivity contribution in [3.05, 3.63) is 62.3 Å². The van der Waals surface area contributed by atoms with Crippen molar-refractivity contribution >= 4 is 39.3 Å². The van der Waals surface area contributed by atoms with Gasteiger partial charge in [-0.05, 0) is 76.4 Å². The Bertz CT molecular complexity index is 1110. The molecule has 1 atom stereocenters. The first-order chi connectivity index (χ1) is 16.9. The fourth-order valence-corrected chi connectivity index (χ4v) is 6.54. The number of fused-ring (bicyclic) bond motifs is 2. The zero-order valence-electron chi connectivity index (χ0n) is 20.2. The maximum absolute atomic E-state index is 13.1. The molecule has 0 radical (unpaired) electrons. The summed E-state index contributed by atoms with van der Waals surface area (Å²) in [6.07, 6.45) is 6.18. The number of rotatable bonds is 3. The highest BCUT2D eigenvalue weighted by Crippen LogP contribution is 2.40. The van der Waals surface area contributed by atoms with Crippen molar-refractivity contribution in [2.45, 2.75) is 45.1 Å². The highest BCUT2D eigenvalue weighted by atomic mass is 79.9. The second-order valence-corrected chi connectivity index (χ2v) is 11.3. The molecule has 0 bridgehead atoms. The second-order valence-electron chi connectivity index (χ2n) is 9.98. The Morgan fingerprint density at radius 1 is 1.03 bits per heavy atom. The second kappa shape index (κ2) is 10.6. The number of piperidine rings is 1. The van der Waals surface area contributed by atoms with Crippen molar-refractivity contribution in [2.75, 3.05) is 39.3 Å². The Morgan fingerprint density at radius 3 is 2.46 bits per heavy atom. The fraction of sp³-hybridized carbons (Fsp3) is 0.519. The Labute approximate surface area is 220 Å². The van der Waals surface area contributed by atoms with Crippen molar-refractivity contribution in [1.29, 1.82) is 0 Å². The van der Waals surface area contributed by atoms with Crippen LogP contribution in [0.5, 0.6) is 0 Å².